The van der Waals surface area contributed by atoms with Crippen LogP contribution >= 0.6 is 0 Å². The van der Waals surface area contributed by atoms with E-state index in [0.717, 1.165) is 5.01 Å². The molecule has 5 nitrogen and oxygen atoms in total. The summed E-state index contributed by atoms with van der Waals surface area (Å²) < 4.78 is 0. The highest BCUT2D eigenvalue weighted by Gasteiger charge is 2.12. The molecule has 1 heterocycles. The van der Waals surface area contributed by atoms with Crippen LogP contribution in [0.15, 0.2) is 18.3 Å². The van der Waals surface area contributed by atoms with Gasteiger partial charge in [0, 0.05) is 13.2 Å². The van der Waals surface area contributed by atoms with E-state index in [1.165, 1.54) is 13.2 Å². The minimum atomic E-state index is -0.395. The number of aromatic nitrogens is 1. The molecule has 1 aromatic rings. The molecule has 0 spiro atoms. The Bertz CT molecular complexity index is 299. The molecule has 5 heteroatoms. The normalized spacial score (nSPS) is 8.57. The first-order valence-corrected chi connectivity index (χ1v) is 4.36. The van der Waals surface area contributed by atoms with Gasteiger partial charge in [-0.15, -0.1) is 0 Å². The summed E-state index contributed by atoms with van der Waals surface area (Å²) >= 11 is 0. The molecule has 0 radical (unpaired) electrons. The van der Waals surface area contributed by atoms with Crippen LogP contribution in [-0.2, 0) is 0 Å². The maximum atomic E-state index is 11.2. The fourth-order valence-corrected chi connectivity index (χ4v) is 0.763. The third-order valence-electron chi connectivity index (χ3n) is 1.36. The summed E-state index contributed by atoms with van der Waals surface area (Å²) in [5, 5.41) is 0.943. The van der Waals surface area contributed by atoms with E-state index in [-0.39, 0.29) is 5.69 Å². The Balaban J connectivity index is 0.000000791. The van der Waals surface area contributed by atoms with E-state index in [4.69, 9.17) is 11.6 Å². The SMILES string of the molecule is CC.CN(N)C(=O)c1ncccc1N. The van der Waals surface area contributed by atoms with Crippen LogP contribution in [0.4, 0.5) is 5.69 Å². The van der Waals surface area contributed by atoms with Gasteiger partial charge in [-0.2, -0.15) is 0 Å². The molecule has 1 rings (SSSR count). The highest BCUT2D eigenvalue weighted by atomic mass is 16.2. The molecule has 14 heavy (non-hydrogen) atoms. The zero-order valence-corrected chi connectivity index (χ0v) is 8.69. The van der Waals surface area contributed by atoms with Crippen molar-refractivity contribution in [2.75, 3.05) is 12.8 Å². The van der Waals surface area contributed by atoms with Crippen LogP contribution in [0.1, 0.15) is 24.3 Å². The second-order valence-corrected chi connectivity index (χ2v) is 2.36. The molecule has 0 atom stereocenters. The molecule has 1 amide bonds. The van der Waals surface area contributed by atoms with Gasteiger partial charge in [-0.25, -0.2) is 10.8 Å². The lowest BCUT2D eigenvalue weighted by Gasteiger charge is -2.09. The number of carbonyl (C=O) groups is 1. The van der Waals surface area contributed by atoms with E-state index in [0.29, 0.717) is 5.69 Å². The number of nitrogens with zero attached hydrogens (tertiary/aromatic N) is 2. The van der Waals surface area contributed by atoms with E-state index in [2.05, 4.69) is 4.98 Å². The van der Waals surface area contributed by atoms with Crippen molar-refractivity contribution < 1.29 is 4.79 Å². The van der Waals surface area contributed by atoms with Crippen molar-refractivity contribution in [2.24, 2.45) is 5.84 Å². The van der Waals surface area contributed by atoms with Gasteiger partial charge in [-0.1, -0.05) is 13.8 Å². The third kappa shape index (κ3) is 3.02. The van der Waals surface area contributed by atoms with Gasteiger partial charge in [0.1, 0.15) is 0 Å². The molecule has 0 saturated carbocycles. The highest BCUT2D eigenvalue weighted by Crippen LogP contribution is 2.07. The molecule has 0 aromatic carbocycles. The summed E-state index contributed by atoms with van der Waals surface area (Å²) in [6, 6.07) is 3.26. The van der Waals surface area contributed by atoms with Crippen molar-refractivity contribution in [2.45, 2.75) is 13.8 Å². The number of carbonyl (C=O) groups excluding carboxylic acids is 1. The second kappa shape index (κ2) is 5.93. The van der Waals surface area contributed by atoms with Gasteiger partial charge in [0.05, 0.1) is 5.69 Å². The van der Waals surface area contributed by atoms with Gasteiger partial charge < -0.3 is 5.73 Å². The predicted molar refractivity (Wildman–Crippen MR) is 56.3 cm³/mol. The van der Waals surface area contributed by atoms with Crippen molar-refractivity contribution in [3.63, 3.8) is 0 Å². The van der Waals surface area contributed by atoms with Crippen molar-refractivity contribution >= 4 is 11.6 Å². The van der Waals surface area contributed by atoms with Crippen molar-refractivity contribution in [3.8, 4) is 0 Å². The molecule has 0 unspecified atom stereocenters. The molecule has 0 aliphatic rings. The van der Waals surface area contributed by atoms with E-state index in [1.54, 1.807) is 12.1 Å². The lowest BCUT2D eigenvalue weighted by Crippen LogP contribution is -2.34. The molecule has 1 aromatic heterocycles. The van der Waals surface area contributed by atoms with Crippen LogP contribution in [0.25, 0.3) is 0 Å². The second-order valence-electron chi connectivity index (χ2n) is 2.36. The standard InChI is InChI=1S/C7H10N4O.C2H6/c1-11(9)7(12)6-5(8)3-2-4-10-6;1-2/h2-4H,8-9H2,1H3;1-2H3. The molecule has 0 aliphatic carbocycles. The van der Waals surface area contributed by atoms with Gasteiger partial charge >= 0.3 is 0 Å². The average molecular weight is 196 g/mol. The number of nitrogens with two attached hydrogens (primary N) is 2. The Morgan fingerprint density at radius 2 is 2.07 bits per heavy atom. The number of hydrogen-bond donors (Lipinski definition) is 2. The number of hydrazine groups is 1. The van der Waals surface area contributed by atoms with E-state index >= 15 is 0 Å². The third-order valence-corrected chi connectivity index (χ3v) is 1.36. The molecule has 4 N–H and O–H groups in total. The zero-order valence-electron chi connectivity index (χ0n) is 8.69. The number of nitrogen functional groups attached to an aromatic ring is 1. The van der Waals surface area contributed by atoms with Crippen LogP contribution in [-0.4, -0.2) is 22.9 Å². The minimum absolute atomic E-state index is 0.183. The van der Waals surface area contributed by atoms with Crippen molar-refractivity contribution in [1.82, 2.24) is 9.99 Å². The molecule has 0 bridgehead atoms. The molecule has 0 aliphatic heterocycles. The highest BCUT2D eigenvalue weighted by molar-refractivity contribution is 5.96. The van der Waals surface area contributed by atoms with Gasteiger partial charge in [-0.05, 0) is 12.1 Å². The van der Waals surface area contributed by atoms with Crippen LogP contribution in [0.3, 0.4) is 0 Å². The lowest BCUT2D eigenvalue weighted by atomic mass is 10.3. The predicted octanol–water partition coefficient (Wildman–Crippen LogP) is 0.636. The summed E-state index contributed by atoms with van der Waals surface area (Å²) in [5.41, 5.74) is 6.01. The quantitative estimate of drug-likeness (QED) is 0.392. The molecular weight excluding hydrogens is 180 g/mol. The molecule has 78 valence electrons. The first kappa shape index (κ1) is 12.4. The van der Waals surface area contributed by atoms with Gasteiger partial charge in [-0.3, -0.25) is 9.80 Å². The Labute approximate surface area is 83.7 Å². The molecule has 0 fully saturated rings. The van der Waals surface area contributed by atoms with Gasteiger partial charge in [0.25, 0.3) is 5.91 Å². The smallest absolute Gasteiger partial charge is 0.288 e. The minimum Gasteiger partial charge on any atom is -0.397 e. The number of rotatable bonds is 1. The van der Waals surface area contributed by atoms with Crippen molar-refractivity contribution in [1.29, 1.82) is 0 Å². The number of amides is 1. The fraction of sp³-hybridized carbons (Fsp3) is 0.333. The van der Waals surface area contributed by atoms with E-state index in [1.807, 2.05) is 13.8 Å². The Kier molecular flexibility index (Phi) is 5.24. The summed E-state index contributed by atoms with van der Waals surface area (Å²) in [5.74, 6) is 4.83. The first-order valence-electron chi connectivity index (χ1n) is 4.36. The monoisotopic (exact) mass is 196 g/mol. The number of anilines is 1. The lowest BCUT2D eigenvalue weighted by molar-refractivity contribution is 0.0790. The molecular formula is C9H16N4O. The van der Waals surface area contributed by atoms with Crippen LogP contribution in [0.2, 0.25) is 0 Å². The molecule has 0 saturated heterocycles. The summed E-state index contributed by atoms with van der Waals surface area (Å²) in [6.45, 7) is 4.00. The maximum Gasteiger partial charge on any atom is 0.288 e. The number of pyridine rings is 1. The van der Waals surface area contributed by atoms with Crippen LogP contribution < -0.4 is 11.6 Å². The van der Waals surface area contributed by atoms with Crippen molar-refractivity contribution in [3.05, 3.63) is 24.0 Å². The van der Waals surface area contributed by atoms with E-state index < -0.39 is 5.91 Å². The first-order chi connectivity index (χ1) is 6.63. The maximum absolute atomic E-state index is 11.2. The largest absolute Gasteiger partial charge is 0.397 e. The summed E-state index contributed by atoms with van der Waals surface area (Å²) in [6.07, 6.45) is 1.49. The average Bonchev–Trinajstić information content (AvgIpc) is 2.20. The summed E-state index contributed by atoms with van der Waals surface area (Å²) in [4.78, 5) is 15.0. The Hall–Kier alpha value is -1.62. The topological polar surface area (TPSA) is 85.2 Å². The van der Waals surface area contributed by atoms with Gasteiger partial charge in [0.15, 0.2) is 5.69 Å². The van der Waals surface area contributed by atoms with Gasteiger partial charge in [0.2, 0.25) is 0 Å². The fourth-order valence-electron chi connectivity index (χ4n) is 0.763. The van der Waals surface area contributed by atoms with Crippen LogP contribution in [0.5, 0.6) is 0 Å². The van der Waals surface area contributed by atoms with Crippen LogP contribution in [0, 0.1) is 0 Å². The zero-order chi connectivity index (χ0) is 11.1. The Morgan fingerprint density at radius 3 is 2.50 bits per heavy atom. The Morgan fingerprint density at radius 1 is 1.50 bits per heavy atom. The summed E-state index contributed by atoms with van der Waals surface area (Å²) in [7, 11) is 1.44. The number of hydrogen-bond acceptors (Lipinski definition) is 4. The van der Waals surface area contributed by atoms with E-state index in [9.17, 15) is 4.79 Å².